The van der Waals surface area contributed by atoms with Crippen LogP contribution in [0.1, 0.15) is 26.2 Å². The Bertz CT molecular complexity index is 498. The van der Waals surface area contributed by atoms with Crippen LogP contribution in [0.2, 0.25) is 0 Å². The highest BCUT2D eigenvalue weighted by molar-refractivity contribution is 5.36. The van der Waals surface area contributed by atoms with Crippen molar-refractivity contribution < 1.29 is 0 Å². The van der Waals surface area contributed by atoms with Gasteiger partial charge in [-0.1, -0.05) is 0 Å². The standard InChI is InChI=1S/C14H22N4O/c1-2-17-9-7-16-13(14(17)19)18-8-5-12-11(10-18)4-3-6-15-12/h7,9,11-12,15H,2-6,8,10H2,1H3. The van der Waals surface area contributed by atoms with Crippen LogP contribution in [0.3, 0.4) is 0 Å². The van der Waals surface area contributed by atoms with Gasteiger partial charge in [0.2, 0.25) is 0 Å². The van der Waals surface area contributed by atoms with E-state index < -0.39 is 0 Å². The molecule has 2 saturated heterocycles. The number of nitrogens with zero attached hydrogens (tertiary/aromatic N) is 3. The Balaban J connectivity index is 1.81. The third-order valence-electron chi connectivity index (χ3n) is 4.43. The lowest BCUT2D eigenvalue weighted by Gasteiger charge is -2.42. The first-order chi connectivity index (χ1) is 9.29. The fourth-order valence-electron chi connectivity index (χ4n) is 3.34. The Labute approximate surface area is 113 Å². The summed E-state index contributed by atoms with van der Waals surface area (Å²) in [5.74, 6) is 1.30. The molecule has 0 amide bonds. The summed E-state index contributed by atoms with van der Waals surface area (Å²) in [7, 11) is 0. The zero-order valence-electron chi connectivity index (χ0n) is 11.5. The average Bonchev–Trinajstić information content (AvgIpc) is 2.47. The highest BCUT2D eigenvalue weighted by atomic mass is 16.1. The Hall–Kier alpha value is -1.36. The topological polar surface area (TPSA) is 50.2 Å². The Morgan fingerprint density at radius 2 is 2.37 bits per heavy atom. The molecule has 3 heterocycles. The lowest BCUT2D eigenvalue weighted by atomic mass is 9.85. The first-order valence-electron chi connectivity index (χ1n) is 7.33. The fraction of sp³-hybridized carbons (Fsp3) is 0.714. The second kappa shape index (κ2) is 5.33. The molecular formula is C14H22N4O. The van der Waals surface area contributed by atoms with E-state index in [4.69, 9.17) is 0 Å². The monoisotopic (exact) mass is 262 g/mol. The van der Waals surface area contributed by atoms with E-state index in [0.717, 1.165) is 26.1 Å². The number of hydrogen-bond acceptors (Lipinski definition) is 4. The van der Waals surface area contributed by atoms with Gasteiger partial charge >= 0.3 is 0 Å². The van der Waals surface area contributed by atoms with E-state index in [2.05, 4.69) is 15.2 Å². The molecule has 0 aliphatic carbocycles. The van der Waals surface area contributed by atoms with Crippen molar-refractivity contribution >= 4 is 5.82 Å². The van der Waals surface area contributed by atoms with E-state index in [1.165, 1.54) is 12.8 Å². The van der Waals surface area contributed by atoms with Crippen molar-refractivity contribution in [1.29, 1.82) is 0 Å². The van der Waals surface area contributed by atoms with Gasteiger partial charge in [0, 0.05) is 38.1 Å². The Morgan fingerprint density at radius 3 is 3.21 bits per heavy atom. The molecule has 2 aliphatic heterocycles. The molecule has 3 rings (SSSR count). The molecule has 5 heteroatoms. The lowest BCUT2D eigenvalue weighted by Crippen LogP contribution is -2.53. The molecule has 0 radical (unpaired) electrons. The second-order valence-corrected chi connectivity index (χ2v) is 5.54. The van der Waals surface area contributed by atoms with Gasteiger partial charge in [-0.15, -0.1) is 0 Å². The summed E-state index contributed by atoms with van der Waals surface area (Å²) < 4.78 is 1.73. The SMILES string of the molecule is CCn1ccnc(N2CCC3NCCCC3C2)c1=O. The van der Waals surface area contributed by atoms with Gasteiger partial charge in [-0.05, 0) is 38.6 Å². The summed E-state index contributed by atoms with van der Waals surface area (Å²) in [6.45, 7) is 5.74. The normalized spacial score (nSPS) is 27.1. The number of aromatic nitrogens is 2. The number of piperidine rings is 2. The number of aryl methyl sites for hydroxylation is 1. The number of anilines is 1. The van der Waals surface area contributed by atoms with Crippen molar-refractivity contribution in [1.82, 2.24) is 14.9 Å². The van der Waals surface area contributed by atoms with Crippen LogP contribution in [0.25, 0.3) is 0 Å². The van der Waals surface area contributed by atoms with Crippen LogP contribution in [-0.4, -0.2) is 35.2 Å². The maximum absolute atomic E-state index is 12.3. The van der Waals surface area contributed by atoms with Gasteiger partial charge in [-0.25, -0.2) is 4.98 Å². The summed E-state index contributed by atoms with van der Waals surface area (Å²) in [5, 5.41) is 3.60. The van der Waals surface area contributed by atoms with E-state index in [9.17, 15) is 4.79 Å². The molecule has 0 aromatic carbocycles. The zero-order chi connectivity index (χ0) is 13.2. The van der Waals surface area contributed by atoms with Crippen molar-refractivity contribution in [2.24, 2.45) is 5.92 Å². The molecule has 0 spiro atoms. The predicted molar refractivity (Wildman–Crippen MR) is 75.5 cm³/mol. The maximum atomic E-state index is 12.3. The second-order valence-electron chi connectivity index (χ2n) is 5.54. The van der Waals surface area contributed by atoms with Gasteiger partial charge in [0.15, 0.2) is 5.82 Å². The van der Waals surface area contributed by atoms with Crippen LogP contribution in [-0.2, 0) is 6.54 Å². The highest BCUT2D eigenvalue weighted by Gasteiger charge is 2.32. The number of nitrogens with one attached hydrogen (secondary N) is 1. The molecule has 5 nitrogen and oxygen atoms in total. The molecule has 2 fully saturated rings. The number of fused-ring (bicyclic) bond motifs is 1. The predicted octanol–water partition coefficient (Wildman–Crippen LogP) is 0.841. The van der Waals surface area contributed by atoms with Crippen LogP contribution >= 0.6 is 0 Å². The van der Waals surface area contributed by atoms with Gasteiger partial charge in [0.25, 0.3) is 5.56 Å². The van der Waals surface area contributed by atoms with E-state index in [-0.39, 0.29) is 5.56 Å². The van der Waals surface area contributed by atoms with Gasteiger partial charge in [0.05, 0.1) is 0 Å². The molecule has 2 unspecified atom stereocenters. The number of rotatable bonds is 2. The van der Waals surface area contributed by atoms with Crippen molar-refractivity contribution in [2.45, 2.75) is 38.8 Å². The third kappa shape index (κ3) is 2.39. The van der Waals surface area contributed by atoms with Crippen molar-refractivity contribution in [3.05, 3.63) is 22.7 Å². The summed E-state index contributed by atoms with van der Waals surface area (Å²) in [4.78, 5) is 18.8. The molecule has 0 bridgehead atoms. The van der Waals surface area contributed by atoms with Crippen LogP contribution in [0.5, 0.6) is 0 Å². The fourth-order valence-corrected chi connectivity index (χ4v) is 3.34. The molecule has 2 aliphatic rings. The average molecular weight is 262 g/mol. The summed E-state index contributed by atoms with van der Waals surface area (Å²) >= 11 is 0. The first-order valence-corrected chi connectivity index (χ1v) is 7.33. The van der Waals surface area contributed by atoms with Gasteiger partial charge in [0.1, 0.15) is 0 Å². The minimum Gasteiger partial charge on any atom is -0.352 e. The Morgan fingerprint density at radius 1 is 1.47 bits per heavy atom. The summed E-state index contributed by atoms with van der Waals surface area (Å²) in [6.07, 6.45) is 7.14. The minimum atomic E-state index is 0.0484. The van der Waals surface area contributed by atoms with Crippen LogP contribution < -0.4 is 15.8 Å². The molecular weight excluding hydrogens is 240 g/mol. The smallest absolute Gasteiger partial charge is 0.293 e. The van der Waals surface area contributed by atoms with E-state index in [1.54, 1.807) is 17.0 Å². The molecule has 104 valence electrons. The molecule has 1 N–H and O–H groups in total. The molecule has 2 atom stereocenters. The maximum Gasteiger partial charge on any atom is 0.293 e. The highest BCUT2D eigenvalue weighted by Crippen LogP contribution is 2.26. The Kier molecular flexibility index (Phi) is 3.55. The summed E-state index contributed by atoms with van der Waals surface area (Å²) in [6, 6.07) is 0.641. The van der Waals surface area contributed by atoms with Gasteiger partial charge < -0.3 is 14.8 Å². The number of hydrogen-bond donors (Lipinski definition) is 1. The minimum absolute atomic E-state index is 0.0484. The largest absolute Gasteiger partial charge is 0.352 e. The summed E-state index contributed by atoms with van der Waals surface area (Å²) in [5.41, 5.74) is 0.0484. The zero-order valence-corrected chi connectivity index (χ0v) is 11.5. The van der Waals surface area contributed by atoms with Crippen molar-refractivity contribution in [3.63, 3.8) is 0 Å². The van der Waals surface area contributed by atoms with Gasteiger partial charge in [-0.2, -0.15) is 0 Å². The third-order valence-corrected chi connectivity index (χ3v) is 4.43. The van der Waals surface area contributed by atoms with E-state index >= 15 is 0 Å². The van der Waals surface area contributed by atoms with Crippen molar-refractivity contribution in [2.75, 3.05) is 24.5 Å². The molecule has 1 aromatic heterocycles. The van der Waals surface area contributed by atoms with Crippen molar-refractivity contribution in [3.8, 4) is 0 Å². The van der Waals surface area contributed by atoms with E-state index in [0.29, 0.717) is 24.3 Å². The molecule has 0 saturated carbocycles. The molecule has 19 heavy (non-hydrogen) atoms. The van der Waals surface area contributed by atoms with Crippen LogP contribution in [0.4, 0.5) is 5.82 Å². The lowest BCUT2D eigenvalue weighted by molar-refractivity contribution is 0.243. The van der Waals surface area contributed by atoms with Crippen LogP contribution in [0.15, 0.2) is 17.2 Å². The molecule has 1 aromatic rings. The van der Waals surface area contributed by atoms with Crippen LogP contribution in [0, 0.1) is 5.92 Å². The van der Waals surface area contributed by atoms with Gasteiger partial charge in [-0.3, -0.25) is 4.79 Å². The van der Waals surface area contributed by atoms with E-state index in [1.807, 2.05) is 6.92 Å². The quantitative estimate of drug-likeness (QED) is 0.858. The first kappa shape index (κ1) is 12.7.